The molecule has 0 saturated heterocycles. The molecule has 1 aromatic rings. The molecule has 0 fully saturated rings. The van der Waals surface area contributed by atoms with Gasteiger partial charge in [0.05, 0.1) is 0 Å². The highest BCUT2D eigenvalue weighted by molar-refractivity contribution is 7.99. The van der Waals surface area contributed by atoms with Crippen LogP contribution in [0.15, 0.2) is 5.16 Å². The Morgan fingerprint density at radius 2 is 1.83 bits per heavy atom. The molecule has 0 radical (unpaired) electrons. The molecule has 0 amide bonds. The van der Waals surface area contributed by atoms with Crippen molar-refractivity contribution >= 4 is 23.7 Å². The van der Waals surface area contributed by atoms with Crippen molar-refractivity contribution in [1.82, 2.24) is 15.0 Å². The maximum absolute atomic E-state index is 12.3. The molecule has 1 heterocycles. The first-order valence-electron chi connectivity index (χ1n) is 5.76. The molecule has 0 aliphatic carbocycles. The summed E-state index contributed by atoms with van der Waals surface area (Å²) in [5, 5.41) is 5.95. The van der Waals surface area contributed by atoms with Crippen LogP contribution in [0, 0.1) is 0 Å². The zero-order chi connectivity index (χ0) is 13.5. The Labute approximate surface area is 109 Å². The van der Waals surface area contributed by atoms with Gasteiger partial charge in [-0.25, -0.2) is 0 Å². The minimum Gasteiger partial charge on any atom is -0.354 e. The fourth-order valence-electron chi connectivity index (χ4n) is 1.11. The van der Waals surface area contributed by atoms with Crippen molar-refractivity contribution < 1.29 is 8.78 Å². The van der Waals surface area contributed by atoms with Crippen molar-refractivity contribution in [2.45, 2.75) is 44.1 Å². The number of thioether (sulfide) groups is 1. The minimum atomic E-state index is -2.54. The highest BCUT2D eigenvalue weighted by Gasteiger charge is 2.12. The summed E-state index contributed by atoms with van der Waals surface area (Å²) < 4.78 is 24.6. The van der Waals surface area contributed by atoms with Crippen LogP contribution in [0.3, 0.4) is 0 Å². The number of aromatic nitrogens is 3. The normalized spacial score (nSPS) is 12.6. The van der Waals surface area contributed by atoms with E-state index < -0.39 is 5.76 Å². The topological polar surface area (TPSA) is 62.7 Å². The molecule has 0 aliphatic rings. The van der Waals surface area contributed by atoms with Crippen LogP contribution in [0.25, 0.3) is 0 Å². The second kappa shape index (κ2) is 7.30. The first-order valence-corrected chi connectivity index (χ1v) is 6.64. The third kappa shape index (κ3) is 4.99. The monoisotopic (exact) mass is 277 g/mol. The van der Waals surface area contributed by atoms with Crippen LogP contribution in [-0.2, 0) is 0 Å². The van der Waals surface area contributed by atoms with Crippen LogP contribution in [0.2, 0.25) is 0 Å². The van der Waals surface area contributed by atoms with E-state index in [0.717, 1.165) is 6.42 Å². The van der Waals surface area contributed by atoms with E-state index in [0.29, 0.717) is 30.2 Å². The Balaban J connectivity index is 2.90. The Bertz CT molecular complexity index is 377. The molecule has 1 rings (SSSR count). The number of nitrogens with one attached hydrogen (secondary N) is 2. The summed E-state index contributed by atoms with van der Waals surface area (Å²) in [4.78, 5) is 12.0. The second-order valence-electron chi connectivity index (χ2n) is 3.63. The van der Waals surface area contributed by atoms with E-state index in [2.05, 4.69) is 25.6 Å². The SMILES string of the molecule is CCNc1nc(NC(C)CC)nc(SC(F)F)n1. The van der Waals surface area contributed by atoms with Crippen molar-refractivity contribution in [2.75, 3.05) is 17.2 Å². The quantitative estimate of drug-likeness (QED) is 0.747. The molecule has 8 heteroatoms. The maximum atomic E-state index is 12.3. The number of anilines is 2. The van der Waals surface area contributed by atoms with E-state index in [-0.39, 0.29) is 11.2 Å². The molecular weight excluding hydrogens is 260 g/mol. The van der Waals surface area contributed by atoms with E-state index in [4.69, 9.17) is 0 Å². The van der Waals surface area contributed by atoms with E-state index in [1.165, 1.54) is 0 Å². The van der Waals surface area contributed by atoms with E-state index in [9.17, 15) is 8.78 Å². The number of alkyl halides is 2. The molecule has 2 N–H and O–H groups in total. The lowest BCUT2D eigenvalue weighted by Gasteiger charge is -2.12. The summed E-state index contributed by atoms with van der Waals surface area (Å²) in [6.07, 6.45) is 0.888. The van der Waals surface area contributed by atoms with Crippen LogP contribution >= 0.6 is 11.8 Å². The molecule has 18 heavy (non-hydrogen) atoms. The third-order valence-electron chi connectivity index (χ3n) is 2.13. The van der Waals surface area contributed by atoms with Crippen LogP contribution in [-0.4, -0.2) is 33.3 Å². The Morgan fingerprint density at radius 3 is 2.39 bits per heavy atom. The van der Waals surface area contributed by atoms with Gasteiger partial charge in [-0.3, -0.25) is 0 Å². The van der Waals surface area contributed by atoms with Crippen LogP contribution in [0.1, 0.15) is 27.2 Å². The van der Waals surface area contributed by atoms with Gasteiger partial charge in [0.1, 0.15) is 0 Å². The lowest BCUT2D eigenvalue weighted by Crippen LogP contribution is -2.17. The van der Waals surface area contributed by atoms with Crippen LogP contribution < -0.4 is 10.6 Å². The average Bonchev–Trinajstić information content (AvgIpc) is 2.28. The molecule has 1 atom stereocenters. The first kappa shape index (κ1) is 14.9. The maximum Gasteiger partial charge on any atom is 0.291 e. The van der Waals surface area contributed by atoms with Gasteiger partial charge in [-0.2, -0.15) is 23.7 Å². The molecule has 0 spiro atoms. The van der Waals surface area contributed by atoms with Crippen molar-refractivity contribution in [3.63, 3.8) is 0 Å². The Morgan fingerprint density at radius 1 is 1.17 bits per heavy atom. The van der Waals surface area contributed by atoms with Gasteiger partial charge < -0.3 is 10.6 Å². The second-order valence-corrected chi connectivity index (χ2v) is 4.58. The first-order chi connectivity index (χ1) is 8.55. The van der Waals surface area contributed by atoms with Crippen LogP contribution in [0.5, 0.6) is 0 Å². The van der Waals surface area contributed by atoms with Crippen LogP contribution in [0.4, 0.5) is 20.7 Å². The van der Waals surface area contributed by atoms with Crippen molar-refractivity contribution in [3.8, 4) is 0 Å². The summed E-state index contributed by atoms with van der Waals surface area (Å²) in [6, 6.07) is 0.172. The molecular formula is C10H17F2N5S. The molecule has 1 unspecified atom stereocenters. The highest BCUT2D eigenvalue weighted by atomic mass is 32.2. The molecule has 0 aromatic carbocycles. The van der Waals surface area contributed by atoms with E-state index in [1.54, 1.807) is 0 Å². The van der Waals surface area contributed by atoms with Crippen molar-refractivity contribution in [3.05, 3.63) is 0 Å². The zero-order valence-corrected chi connectivity index (χ0v) is 11.4. The van der Waals surface area contributed by atoms with E-state index >= 15 is 0 Å². The minimum absolute atomic E-state index is 0.0155. The van der Waals surface area contributed by atoms with Gasteiger partial charge in [0.2, 0.25) is 11.9 Å². The van der Waals surface area contributed by atoms with Crippen molar-refractivity contribution in [1.29, 1.82) is 0 Å². The number of hydrogen-bond acceptors (Lipinski definition) is 6. The number of halogens is 2. The molecule has 0 aliphatic heterocycles. The summed E-state index contributed by atoms with van der Waals surface area (Å²) in [5.41, 5.74) is 0. The molecule has 0 saturated carbocycles. The average molecular weight is 277 g/mol. The Kier molecular flexibility index (Phi) is 6.03. The largest absolute Gasteiger partial charge is 0.354 e. The lowest BCUT2D eigenvalue weighted by atomic mass is 10.3. The van der Waals surface area contributed by atoms with Gasteiger partial charge in [0.25, 0.3) is 5.76 Å². The lowest BCUT2D eigenvalue weighted by molar-refractivity contribution is 0.251. The van der Waals surface area contributed by atoms with Gasteiger partial charge >= 0.3 is 0 Å². The summed E-state index contributed by atoms with van der Waals surface area (Å²) in [6.45, 7) is 6.48. The summed E-state index contributed by atoms with van der Waals surface area (Å²) in [5.74, 6) is -1.92. The predicted molar refractivity (Wildman–Crippen MR) is 69.2 cm³/mol. The summed E-state index contributed by atoms with van der Waals surface area (Å²) in [7, 11) is 0. The number of hydrogen-bond donors (Lipinski definition) is 2. The molecule has 102 valence electrons. The van der Waals surface area contributed by atoms with Crippen molar-refractivity contribution in [2.24, 2.45) is 0 Å². The summed E-state index contributed by atoms with van der Waals surface area (Å²) >= 11 is 0.312. The van der Waals surface area contributed by atoms with Gasteiger partial charge in [-0.15, -0.1) is 0 Å². The number of nitrogens with zero attached hydrogens (tertiary/aromatic N) is 3. The standard InChI is InChI=1S/C10H17F2N5S/c1-4-6(3)14-9-15-8(13-5-2)16-10(17-9)18-7(11)12/h6-7H,4-5H2,1-3H3,(H2,13,14,15,16,17). The fraction of sp³-hybridized carbons (Fsp3) is 0.700. The van der Waals surface area contributed by atoms with Gasteiger partial charge in [-0.1, -0.05) is 6.92 Å². The fourth-order valence-corrected chi connectivity index (χ4v) is 1.55. The molecule has 0 bridgehead atoms. The third-order valence-corrected chi connectivity index (χ3v) is 2.70. The predicted octanol–water partition coefficient (Wildman–Crippen LogP) is 2.83. The number of rotatable bonds is 7. The van der Waals surface area contributed by atoms with Gasteiger partial charge in [0.15, 0.2) is 5.16 Å². The van der Waals surface area contributed by atoms with Gasteiger partial charge in [0, 0.05) is 12.6 Å². The molecule has 1 aromatic heterocycles. The van der Waals surface area contributed by atoms with Gasteiger partial charge in [-0.05, 0) is 32.0 Å². The van der Waals surface area contributed by atoms with E-state index in [1.807, 2.05) is 20.8 Å². The zero-order valence-electron chi connectivity index (χ0n) is 10.6. The smallest absolute Gasteiger partial charge is 0.291 e. The molecule has 5 nitrogen and oxygen atoms in total. The Hall–Kier alpha value is -1.18. The highest BCUT2D eigenvalue weighted by Crippen LogP contribution is 2.23.